The standard InChI is InChI=1S/C72H66N4O.Pt/c1-44-20-17-21-45(2)66(44)56-28-19-27-55-58-42-61-60(71(9,10)33-34-72(61,11)12)41-57(58)51-24-13-14-25-52(51)59-36-47(70(6,7)8)37-64-68(59)75(67(55)56)43-74(64)48-22-18-23-49(39-48)77-50-30-31-54-53-26-15-16-29-62(53)76(63(54)40-50)65-38-46(32-35-73-65)69(3,4)5;/h13-32,35-38,41-42H,33-34H2,1-12H3;/q-2;/i1D3,2D3;. The Bertz CT molecular complexity index is 4460. The summed E-state index contributed by atoms with van der Waals surface area (Å²) in [6.07, 6.45) is 7.77. The number of para-hydroxylation sites is 2. The van der Waals surface area contributed by atoms with Crippen LogP contribution in [-0.4, -0.2) is 14.1 Å². The maximum absolute atomic E-state index is 8.99. The molecule has 0 bridgehead atoms. The summed E-state index contributed by atoms with van der Waals surface area (Å²) in [7, 11) is 0. The van der Waals surface area contributed by atoms with Crippen molar-refractivity contribution in [1.82, 2.24) is 14.1 Å². The van der Waals surface area contributed by atoms with Gasteiger partial charge in [-0.05, 0) is 167 Å². The molecule has 0 saturated heterocycles. The third-order valence-electron chi connectivity index (χ3n) is 16.6. The van der Waals surface area contributed by atoms with E-state index in [-0.39, 0.29) is 59.4 Å². The minimum Gasteiger partial charge on any atom is -0.510 e. The van der Waals surface area contributed by atoms with Crippen LogP contribution in [0.3, 0.4) is 0 Å². The maximum atomic E-state index is 8.99. The minimum atomic E-state index is -2.67. The molecular formula is C72H66N4OPt-2. The molecule has 392 valence electrons. The quantitative estimate of drug-likeness (QED) is 0.127. The van der Waals surface area contributed by atoms with Crippen LogP contribution >= 0.6 is 0 Å². The molecule has 0 spiro atoms. The first-order chi connectivity index (χ1) is 39.2. The summed E-state index contributed by atoms with van der Waals surface area (Å²) in [6, 6.07) is 58.2. The third kappa shape index (κ3) is 8.30. The van der Waals surface area contributed by atoms with Gasteiger partial charge in [0.05, 0.1) is 16.7 Å². The van der Waals surface area contributed by atoms with Gasteiger partial charge in [-0.2, -0.15) is 18.2 Å². The molecule has 5 nitrogen and oxygen atoms in total. The molecule has 11 aromatic rings. The molecule has 8 aromatic carbocycles. The first-order valence-corrected chi connectivity index (χ1v) is 26.9. The molecule has 4 heterocycles. The summed E-state index contributed by atoms with van der Waals surface area (Å²) in [4.78, 5) is 4.89. The fraction of sp³-hybridized carbons (Fsp3) is 0.250. The molecule has 1 aliphatic heterocycles. The number of hydrogen-bond donors (Lipinski definition) is 0. The van der Waals surface area contributed by atoms with E-state index < -0.39 is 13.7 Å². The van der Waals surface area contributed by atoms with Crippen LogP contribution in [0.2, 0.25) is 0 Å². The van der Waals surface area contributed by atoms with E-state index in [9.17, 15) is 0 Å². The molecule has 0 saturated carbocycles. The van der Waals surface area contributed by atoms with Crippen molar-refractivity contribution in [2.24, 2.45) is 0 Å². The molecule has 0 unspecified atom stereocenters. The van der Waals surface area contributed by atoms with Crippen LogP contribution in [0.5, 0.6) is 11.5 Å². The number of pyridine rings is 1. The van der Waals surface area contributed by atoms with Crippen LogP contribution in [-0.2, 0) is 42.7 Å². The molecule has 78 heavy (non-hydrogen) atoms. The van der Waals surface area contributed by atoms with Crippen molar-refractivity contribution in [1.29, 1.82) is 0 Å². The van der Waals surface area contributed by atoms with Crippen molar-refractivity contribution >= 4 is 32.8 Å². The Morgan fingerprint density at radius 2 is 1.18 bits per heavy atom. The van der Waals surface area contributed by atoms with Crippen molar-refractivity contribution < 1.29 is 38.6 Å². The maximum Gasteiger partial charge on any atom is 0.268 e. The molecule has 0 atom stereocenters. The second-order valence-corrected chi connectivity index (χ2v) is 24.7. The summed E-state index contributed by atoms with van der Waals surface area (Å²) >= 11 is 0. The Kier molecular flexibility index (Phi) is 10.5. The van der Waals surface area contributed by atoms with Crippen LogP contribution < -0.4 is 9.30 Å². The van der Waals surface area contributed by atoms with Gasteiger partial charge in [-0.25, -0.2) is 4.98 Å². The number of ether oxygens (including phenoxy) is 1. The zero-order valence-corrected chi connectivity index (χ0v) is 48.2. The molecule has 2 aliphatic rings. The van der Waals surface area contributed by atoms with Gasteiger partial charge < -0.3 is 13.9 Å². The molecule has 0 fully saturated rings. The van der Waals surface area contributed by atoms with Gasteiger partial charge in [0.25, 0.3) is 6.33 Å². The molecule has 13 rings (SSSR count). The second-order valence-electron chi connectivity index (χ2n) is 24.7. The number of nitrogens with zero attached hydrogens (tertiary/aromatic N) is 4. The van der Waals surface area contributed by atoms with E-state index in [4.69, 9.17) is 17.9 Å². The predicted molar refractivity (Wildman–Crippen MR) is 317 cm³/mol. The zero-order chi connectivity index (χ0) is 58.5. The van der Waals surface area contributed by atoms with Gasteiger partial charge in [-0.3, -0.25) is 4.57 Å². The van der Waals surface area contributed by atoms with Crippen molar-refractivity contribution in [3.63, 3.8) is 0 Å². The fourth-order valence-electron chi connectivity index (χ4n) is 12.2. The normalized spacial score (nSPS) is 15.9. The van der Waals surface area contributed by atoms with Crippen molar-refractivity contribution in [2.45, 2.75) is 117 Å². The summed E-state index contributed by atoms with van der Waals surface area (Å²) in [5, 5.41) is 2.10. The van der Waals surface area contributed by atoms with Crippen LogP contribution in [0, 0.1) is 32.2 Å². The molecular weight excluding hydrogens is 1130 g/mol. The molecule has 0 N–H and O–H groups in total. The topological polar surface area (TPSA) is 35.9 Å². The first-order valence-electron chi connectivity index (χ1n) is 29.9. The van der Waals surface area contributed by atoms with E-state index in [1.54, 1.807) is 18.2 Å². The molecule has 1 aliphatic carbocycles. The Hall–Kier alpha value is -7.33. The predicted octanol–water partition coefficient (Wildman–Crippen LogP) is 18.1. The van der Waals surface area contributed by atoms with Crippen LogP contribution in [0.15, 0.2) is 158 Å². The summed E-state index contributed by atoms with van der Waals surface area (Å²) in [5.41, 5.74) is 15.2. The van der Waals surface area contributed by atoms with E-state index in [0.717, 1.165) is 90.4 Å². The number of rotatable bonds is 5. The monoisotopic (exact) mass is 1200 g/mol. The summed E-state index contributed by atoms with van der Waals surface area (Å²) < 4.78 is 67.0. The molecule has 0 amide bonds. The van der Waals surface area contributed by atoms with Crippen LogP contribution in [0.4, 0.5) is 0 Å². The third-order valence-corrected chi connectivity index (χ3v) is 16.6. The van der Waals surface area contributed by atoms with Crippen LogP contribution in [0.1, 0.15) is 124 Å². The zero-order valence-electron chi connectivity index (χ0n) is 51.9. The average Bonchev–Trinajstić information content (AvgIpc) is 2.09. The number of aryl methyl sites for hydroxylation is 2. The van der Waals surface area contributed by atoms with E-state index >= 15 is 0 Å². The van der Waals surface area contributed by atoms with Crippen molar-refractivity contribution in [3.05, 3.63) is 210 Å². The van der Waals surface area contributed by atoms with Gasteiger partial charge >= 0.3 is 0 Å². The molecule has 3 aromatic heterocycles. The van der Waals surface area contributed by atoms with E-state index in [1.165, 1.54) is 16.7 Å². The first kappa shape index (κ1) is 44.6. The Morgan fingerprint density at radius 1 is 0.564 bits per heavy atom. The van der Waals surface area contributed by atoms with Gasteiger partial charge in [0.1, 0.15) is 5.82 Å². The smallest absolute Gasteiger partial charge is 0.268 e. The second kappa shape index (κ2) is 18.4. The van der Waals surface area contributed by atoms with Gasteiger partial charge in [0, 0.05) is 52.5 Å². The number of benzene rings is 8. The van der Waals surface area contributed by atoms with Crippen LogP contribution in [0.25, 0.3) is 94.5 Å². The Morgan fingerprint density at radius 3 is 1.88 bits per heavy atom. The van der Waals surface area contributed by atoms with Gasteiger partial charge in [0.15, 0.2) is 0 Å². The SMILES string of the molecule is [2H]C([2H])([2H])c1cccc(C([2H])([2H])[2H])c1-c1cccc2c1-[n+]1[c-]n(-c3[c-]c(Oc4[c-]c5c(cc4)c4ccccc4n5-c4cc(C(C)(C)C)ccn4)ccc3)c3cc(C(C)(C)C)cc(c31)-c1ccccc1-c1cc3c(cc1-2)C(C)(C)CCC3(C)C.[Pt]. The minimum absolute atomic E-state index is 0. The number of fused-ring (bicyclic) bond motifs is 11. The Balaban J connectivity index is 0.00000694. The average molecular weight is 1200 g/mol. The molecule has 0 radical (unpaired) electrons. The van der Waals surface area contributed by atoms with Gasteiger partial charge in [-0.1, -0.05) is 166 Å². The Labute approximate surface area is 483 Å². The fourth-order valence-corrected chi connectivity index (χ4v) is 12.2. The van der Waals surface area contributed by atoms with Gasteiger partial charge in [-0.15, -0.1) is 29.7 Å². The van der Waals surface area contributed by atoms with E-state index in [0.29, 0.717) is 28.4 Å². The van der Waals surface area contributed by atoms with E-state index in [2.05, 4.69) is 188 Å². The molecule has 6 heteroatoms. The number of imidazole rings is 1. The summed E-state index contributed by atoms with van der Waals surface area (Å²) in [6.45, 7) is 17.3. The van der Waals surface area contributed by atoms with E-state index in [1.807, 2.05) is 53.2 Å². The summed E-state index contributed by atoms with van der Waals surface area (Å²) in [5.74, 6) is 1.74. The van der Waals surface area contributed by atoms with Crippen molar-refractivity contribution in [3.8, 4) is 73.2 Å². The largest absolute Gasteiger partial charge is 0.510 e. The van der Waals surface area contributed by atoms with Crippen molar-refractivity contribution in [2.75, 3.05) is 0 Å². The number of hydrogen-bond acceptors (Lipinski definition) is 2. The number of aromatic nitrogens is 4. The van der Waals surface area contributed by atoms with Gasteiger partial charge in [0.2, 0.25) is 0 Å².